The number of carbonyl (C=O) groups is 1. The zero-order valence-corrected chi connectivity index (χ0v) is 16.6. The molecule has 1 N–H and O–H groups in total. The Hall–Kier alpha value is -1.99. The summed E-state index contributed by atoms with van der Waals surface area (Å²) < 4.78 is 4.42. The van der Waals surface area contributed by atoms with E-state index >= 15 is 0 Å². The van der Waals surface area contributed by atoms with Crippen LogP contribution in [0.5, 0.6) is 0 Å². The molecule has 1 aromatic heterocycles. The van der Waals surface area contributed by atoms with Crippen LogP contribution in [0.4, 0.5) is 5.13 Å². The van der Waals surface area contributed by atoms with Crippen molar-refractivity contribution in [3.63, 3.8) is 0 Å². The number of benzene rings is 1. The van der Waals surface area contributed by atoms with Gasteiger partial charge in [-0.15, -0.1) is 0 Å². The Morgan fingerprint density at radius 1 is 1.27 bits per heavy atom. The minimum absolute atomic E-state index is 0.109. The van der Waals surface area contributed by atoms with Crippen molar-refractivity contribution < 1.29 is 4.79 Å². The highest BCUT2D eigenvalue weighted by Gasteiger charge is 2.25. The number of likely N-dealkylation sites (tertiary alicyclic amines) is 1. The molecule has 0 atom stereocenters. The van der Waals surface area contributed by atoms with Gasteiger partial charge in [0.1, 0.15) is 0 Å². The van der Waals surface area contributed by atoms with Gasteiger partial charge in [-0.2, -0.15) is 4.37 Å². The van der Waals surface area contributed by atoms with Crippen LogP contribution in [0.15, 0.2) is 24.3 Å². The fourth-order valence-electron chi connectivity index (χ4n) is 3.08. The normalized spacial score (nSPS) is 15.8. The van der Waals surface area contributed by atoms with Crippen LogP contribution in [0.2, 0.25) is 0 Å². The van der Waals surface area contributed by atoms with E-state index in [4.69, 9.17) is 0 Å². The lowest BCUT2D eigenvalue weighted by Crippen LogP contribution is -2.40. The second-order valence-electron chi connectivity index (χ2n) is 7.14. The van der Waals surface area contributed by atoms with Gasteiger partial charge in [-0.3, -0.25) is 9.69 Å². The van der Waals surface area contributed by atoms with Crippen LogP contribution in [0.25, 0.3) is 0 Å². The highest BCUT2D eigenvalue weighted by Crippen LogP contribution is 2.20. The molecule has 7 heteroatoms. The molecule has 1 aliphatic heterocycles. The van der Waals surface area contributed by atoms with Crippen molar-refractivity contribution in [2.24, 2.45) is 5.92 Å². The van der Waals surface area contributed by atoms with Gasteiger partial charge in [-0.05, 0) is 38.4 Å². The molecule has 1 aromatic carbocycles. The zero-order valence-electron chi connectivity index (χ0n) is 15.7. The van der Waals surface area contributed by atoms with E-state index in [0.717, 1.165) is 49.0 Å². The maximum Gasteiger partial charge on any atom is 0.223 e. The third-order valence-corrected chi connectivity index (χ3v) is 5.67. The van der Waals surface area contributed by atoms with Crippen molar-refractivity contribution in [3.05, 3.63) is 41.2 Å². The number of nitrogens with zero attached hydrogens (tertiary/aromatic N) is 4. The van der Waals surface area contributed by atoms with Crippen LogP contribution in [0.1, 0.15) is 29.8 Å². The first-order chi connectivity index (χ1) is 12.5. The Kier molecular flexibility index (Phi) is 6.21. The summed E-state index contributed by atoms with van der Waals surface area (Å²) in [6, 6.07) is 8.30. The monoisotopic (exact) mass is 373 g/mol. The molecule has 0 radical (unpaired) electrons. The fourth-order valence-corrected chi connectivity index (χ4v) is 3.68. The fraction of sp³-hybridized carbons (Fsp3) is 0.526. The Morgan fingerprint density at radius 3 is 2.58 bits per heavy atom. The lowest BCUT2D eigenvalue weighted by Gasteiger charge is -2.30. The minimum Gasteiger partial charge on any atom is -0.353 e. The number of aryl methyl sites for hydroxylation is 1. The number of nitrogens with one attached hydrogen (secondary N) is 1. The van der Waals surface area contributed by atoms with E-state index in [1.165, 1.54) is 17.1 Å². The van der Waals surface area contributed by atoms with Crippen LogP contribution in [-0.2, 0) is 17.9 Å². The van der Waals surface area contributed by atoms with Crippen molar-refractivity contribution in [1.29, 1.82) is 0 Å². The van der Waals surface area contributed by atoms with Gasteiger partial charge in [0, 0.05) is 38.1 Å². The van der Waals surface area contributed by atoms with Crippen LogP contribution in [0.3, 0.4) is 0 Å². The van der Waals surface area contributed by atoms with Crippen LogP contribution in [-0.4, -0.2) is 47.3 Å². The topological polar surface area (TPSA) is 61.4 Å². The molecular formula is C19H27N5OS. The highest BCUT2D eigenvalue weighted by atomic mass is 32.1. The van der Waals surface area contributed by atoms with Crippen LogP contribution < -0.4 is 10.2 Å². The average Bonchev–Trinajstić information content (AvgIpc) is 3.10. The molecule has 0 bridgehead atoms. The van der Waals surface area contributed by atoms with Gasteiger partial charge in [0.05, 0.1) is 6.54 Å². The predicted molar refractivity (Wildman–Crippen MR) is 105 cm³/mol. The van der Waals surface area contributed by atoms with Crippen molar-refractivity contribution in [3.8, 4) is 0 Å². The molecule has 3 rings (SSSR count). The summed E-state index contributed by atoms with van der Waals surface area (Å²) in [6.07, 6.45) is 1.79. The summed E-state index contributed by atoms with van der Waals surface area (Å²) in [5.74, 6) is 1.16. The largest absolute Gasteiger partial charge is 0.353 e. The molecule has 2 aromatic rings. The second kappa shape index (κ2) is 8.60. The van der Waals surface area contributed by atoms with E-state index in [0.29, 0.717) is 6.54 Å². The second-order valence-corrected chi connectivity index (χ2v) is 7.87. The summed E-state index contributed by atoms with van der Waals surface area (Å²) in [5.41, 5.74) is 2.38. The lowest BCUT2D eigenvalue weighted by molar-refractivity contribution is -0.126. The van der Waals surface area contributed by atoms with E-state index in [2.05, 4.69) is 50.8 Å². The number of aromatic nitrogens is 2. The van der Waals surface area contributed by atoms with Crippen molar-refractivity contribution in [2.75, 3.05) is 32.1 Å². The molecule has 1 saturated heterocycles. The Morgan fingerprint density at radius 2 is 1.96 bits per heavy atom. The van der Waals surface area contributed by atoms with Crippen molar-refractivity contribution in [1.82, 2.24) is 19.6 Å². The Bertz CT molecular complexity index is 720. The van der Waals surface area contributed by atoms with Gasteiger partial charge >= 0.3 is 0 Å². The molecule has 1 amide bonds. The van der Waals surface area contributed by atoms with E-state index < -0.39 is 0 Å². The van der Waals surface area contributed by atoms with Gasteiger partial charge in [-0.1, -0.05) is 29.8 Å². The third kappa shape index (κ3) is 5.02. The molecule has 1 aliphatic rings. The molecule has 0 spiro atoms. The first kappa shape index (κ1) is 18.8. The number of hydrogen-bond acceptors (Lipinski definition) is 6. The van der Waals surface area contributed by atoms with Gasteiger partial charge in [0.25, 0.3) is 0 Å². The number of carbonyl (C=O) groups excluding carboxylic acids is 1. The molecule has 2 heterocycles. The molecule has 0 aliphatic carbocycles. The molecular weight excluding hydrogens is 346 g/mol. The molecule has 1 fully saturated rings. The quantitative estimate of drug-likeness (QED) is 0.843. The van der Waals surface area contributed by atoms with E-state index in [9.17, 15) is 4.79 Å². The van der Waals surface area contributed by atoms with Gasteiger partial charge in [0.15, 0.2) is 5.82 Å². The molecule has 26 heavy (non-hydrogen) atoms. The Balaban J connectivity index is 1.42. The smallest absolute Gasteiger partial charge is 0.223 e. The maximum absolute atomic E-state index is 12.4. The van der Waals surface area contributed by atoms with E-state index in [1.807, 2.05) is 19.0 Å². The van der Waals surface area contributed by atoms with Crippen molar-refractivity contribution >= 4 is 22.6 Å². The number of hydrogen-bond donors (Lipinski definition) is 1. The average molecular weight is 374 g/mol. The SMILES string of the molecule is Cc1ccc(CNC(=O)C2CCN(Cc3nsc(N(C)C)n3)CC2)cc1. The number of rotatable bonds is 6. The van der Waals surface area contributed by atoms with Gasteiger partial charge in [-0.25, -0.2) is 4.98 Å². The number of amides is 1. The maximum atomic E-state index is 12.4. The highest BCUT2D eigenvalue weighted by molar-refractivity contribution is 7.09. The zero-order chi connectivity index (χ0) is 18.5. The predicted octanol–water partition coefficient (Wildman–Crippen LogP) is 2.44. The Labute approximate surface area is 159 Å². The molecule has 0 saturated carbocycles. The lowest BCUT2D eigenvalue weighted by atomic mass is 9.96. The van der Waals surface area contributed by atoms with Gasteiger partial charge in [0.2, 0.25) is 11.0 Å². The summed E-state index contributed by atoms with van der Waals surface area (Å²) in [7, 11) is 3.95. The van der Waals surface area contributed by atoms with Crippen LogP contribution in [0, 0.1) is 12.8 Å². The molecule has 6 nitrogen and oxygen atoms in total. The standard InChI is InChI=1S/C19H27N5OS/c1-14-4-6-15(7-5-14)12-20-18(25)16-8-10-24(11-9-16)13-17-21-19(23(2)3)26-22-17/h4-7,16H,8-13H2,1-3H3,(H,20,25). The summed E-state index contributed by atoms with van der Waals surface area (Å²) in [4.78, 5) is 21.3. The van der Waals surface area contributed by atoms with E-state index in [-0.39, 0.29) is 11.8 Å². The summed E-state index contributed by atoms with van der Waals surface area (Å²) in [6.45, 7) is 5.27. The first-order valence-electron chi connectivity index (χ1n) is 9.07. The van der Waals surface area contributed by atoms with E-state index in [1.54, 1.807) is 0 Å². The van der Waals surface area contributed by atoms with Gasteiger partial charge < -0.3 is 10.2 Å². The first-order valence-corrected chi connectivity index (χ1v) is 9.84. The minimum atomic E-state index is 0.109. The molecule has 140 valence electrons. The van der Waals surface area contributed by atoms with Crippen molar-refractivity contribution in [2.45, 2.75) is 32.9 Å². The number of anilines is 1. The van der Waals surface area contributed by atoms with Crippen LogP contribution >= 0.6 is 11.5 Å². The summed E-state index contributed by atoms with van der Waals surface area (Å²) >= 11 is 1.43. The number of piperidine rings is 1. The summed E-state index contributed by atoms with van der Waals surface area (Å²) in [5, 5.41) is 4.02. The third-order valence-electron chi connectivity index (χ3n) is 4.75. The molecule has 0 unspecified atom stereocenters.